The van der Waals surface area contributed by atoms with E-state index in [4.69, 9.17) is 0 Å². The zero-order chi connectivity index (χ0) is 15.7. The number of hydrogen-bond acceptors (Lipinski definition) is 3. The summed E-state index contributed by atoms with van der Waals surface area (Å²) in [5.41, 5.74) is 2.38. The topological polar surface area (TPSA) is 65.1 Å². The molecule has 0 saturated carbocycles. The van der Waals surface area contributed by atoms with Crippen LogP contribution in [0.5, 0.6) is 0 Å². The van der Waals surface area contributed by atoms with Crippen LogP contribution in [0, 0.1) is 10.1 Å². The molecule has 1 aromatic heterocycles. The monoisotopic (exact) mass is 294 g/mol. The average molecular weight is 294 g/mol. The van der Waals surface area contributed by atoms with Gasteiger partial charge in [0.25, 0.3) is 5.69 Å². The highest BCUT2D eigenvalue weighted by atomic mass is 16.6. The third-order valence-electron chi connectivity index (χ3n) is 3.65. The molecule has 5 heteroatoms. The van der Waals surface area contributed by atoms with E-state index in [1.165, 1.54) is 19.1 Å². The molecule has 0 spiro atoms. The lowest BCUT2D eigenvalue weighted by atomic mass is 10.1. The van der Waals surface area contributed by atoms with E-state index in [0.717, 1.165) is 10.9 Å². The van der Waals surface area contributed by atoms with Crippen molar-refractivity contribution in [3.05, 3.63) is 76.0 Å². The maximum absolute atomic E-state index is 11.8. The molecule has 0 amide bonds. The minimum Gasteiger partial charge on any atom is -0.342 e. The fraction of sp³-hybridized carbons (Fsp3) is 0.118. The predicted molar refractivity (Wildman–Crippen MR) is 84.1 cm³/mol. The molecule has 0 aliphatic heterocycles. The number of benzene rings is 2. The molecule has 2 aromatic carbocycles. The van der Waals surface area contributed by atoms with E-state index >= 15 is 0 Å². The summed E-state index contributed by atoms with van der Waals surface area (Å²) < 4.78 is 1.88. The molecule has 3 rings (SSSR count). The Hall–Kier alpha value is -2.95. The van der Waals surface area contributed by atoms with Crippen LogP contribution in [0.3, 0.4) is 0 Å². The molecule has 0 N–H and O–H groups in total. The van der Waals surface area contributed by atoms with Crippen LogP contribution in [0.15, 0.2) is 54.7 Å². The van der Waals surface area contributed by atoms with Crippen LogP contribution < -0.4 is 0 Å². The quantitative estimate of drug-likeness (QED) is 0.417. The Morgan fingerprint density at radius 3 is 2.55 bits per heavy atom. The van der Waals surface area contributed by atoms with Gasteiger partial charge in [0, 0.05) is 35.8 Å². The maximum atomic E-state index is 11.8. The number of nitrogens with zero attached hydrogens (tertiary/aromatic N) is 2. The normalized spacial score (nSPS) is 10.8. The number of aromatic nitrogens is 1. The van der Waals surface area contributed by atoms with Crippen molar-refractivity contribution >= 4 is 22.4 Å². The van der Waals surface area contributed by atoms with Gasteiger partial charge in [0.2, 0.25) is 0 Å². The van der Waals surface area contributed by atoms with E-state index in [-0.39, 0.29) is 11.5 Å². The molecule has 3 aromatic rings. The van der Waals surface area contributed by atoms with E-state index in [9.17, 15) is 14.9 Å². The van der Waals surface area contributed by atoms with Gasteiger partial charge in [-0.2, -0.15) is 0 Å². The van der Waals surface area contributed by atoms with Crippen molar-refractivity contribution < 1.29 is 9.72 Å². The second-order valence-electron chi connectivity index (χ2n) is 5.17. The molecule has 0 atom stereocenters. The number of hydrogen-bond donors (Lipinski definition) is 0. The average Bonchev–Trinajstić information content (AvgIpc) is 2.86. The summed E-state index contributed by atoms with van der Waals surface area (Å²) in [5, 5.41) is 11.7. The third kappa shape index (κ3) is 2.48. The molecule has 0 radical (unpaired) electrons. The van der Waals surface area contributed by atoms with Crippen molar-refractivity contribution in [2.24, 2.45) is 0 Å². The third-order valence-corrected chi connectivity index (χ3v) is 3.65. The molecule has 5 nitrogen and oxygen atoms in total. The molecule has 0 aliphatic rings. The van der Waals surface area contributed by atoms with Gasteiger partial charge >= 0.3 is 0 Å². The van der Waals surface area contributed by atoms with E-state index in [1.807, 2.05) is 34.9 Å². The first-order chi connectivity index (χ1) is 10.6. The minimum absolute atomic E-state index is 0.0232. The molecule has 110 valence electrons. The summed E-state index contributed by atoms with van der Waals surface area (Å²) in [6, 6.07) is 14.4. The Balaban J connectivity index is 2.17. The number of ketones is 1. The predicted octanol–water partition coefficient (Wildman–Crippen LogP) is 3.80. The van der Waals surface area contributed by atoms with Gasteiger partial charge in [0.05, 0.1) is 10.4 Å². The Morgan fingerprint density at radius 1 is 1.18 bits per heavy atom. The Labute approximate surface area is 126 Å². The molecule has 1 heterocycles. The summed E-state index contributed by atoms with van der Waals surface area (Å²) in [6.45, 7) is 2.06. The number of rotatable bonds is 4. The van der Waals surface area contributed by atoms with E-state index in [0.29, 0.717) is 17.6 Å². The number of fused-ring (bicyclic) bond motifs is 1. The lowest BCUT2D eigenvalue weighted by Crippen LogP contribution is -1.98. The van der Waals surface area contributed by atoms with Gasteiger partial charge in [-0.05, 0) is 18.6 Å². The number of nitro groups is 1. The SMILES string of the molecule is CC(=O)c1cn(Cc2ccccc2)c2cc([N+](=O)[O-])ccc12. The molecule has 0 fully saturated rings. The highest BCUT2D eigenvalue weighted by Gasteiger charge is 2.15. The van der Waals surface area contributed by atoms with Crippen LogP contribution in [0.25, 0.3) is 10.9 Å². The van der Waals surface area contributed by atoms with Gasteiger partial charge in [0.1, 0.15) is 0 Å². The number of non-ortho nitro benzene ring substituents is 1. The summed E-state index contributed by atoms with van der Waals surface area (Å²) in [6.07, 6.45) is 1.77. The van der Waals surface area contributed by atoms with E-state index in [2.05, 4.69) is 0 Å². The van der Waals surface area contributed by atoms with Crippen LogP contribution >= 0.6 is 0 Å². The fourth-order valence-electron chi connectivity index (χ4n) is 2.59. The summed E-state index contributed by atoms with van der Waals surface area (Å²) in [4.78, 5) is 22.4. The first-order valence-electron chi connectivity index (χ1n) is 6.88. The van der Waals surface area contributed by atoms with Crippen LogP contribution in [0.4, 0.5) is 5.69 Å². The zero-order valence-corrected chi connectivity index (χ0v) is 12.0. The Bertz CT molecular complexity index is 866. The van der Waals surface area contributed by atoms with Gasteiger partial charge in [-0.3, -0.25) is 14.9 Å². The van der Waals surface area contributed by atoms with Crippen molar-refractivity contribution in [1.82, 2.24) is 4.57 Å². The van der Waals surface area contributed by atoms with Crippen molar-refractivity contribution in [3.63, 3.8) is 0 Å². The van der Waals surface area contributed by atoms with Crippen LogP contribution in [0.1, 0.15) is 22.8 Å². The molecule has 0 unspecified atom stereocenters. The molecular weight excluding hydrogens is 280 g/mol. The number of nitro benzene ring substituents is 1. The summed E-state index contributed by atoms with van der Waals surface area (Å²) >= 11 is 0. The van der Waals surface area contributed by atoms with Gasteiger partial charge in [-0.25, -0.2) is 0 Å². The zero-order valence-electron chi connectivity index (χ0n) is 12.0. The summed E-state index contributed by atoms with van der Waals surface area (Å²) in [7, 11) is 0. The van der Waals surface area contributed by atoms with E-state index < -0.39 is 4.92 Å². The van der Waals surface area contributed by atoms with Gasteiger partial charge in [-0.1, -0.05) is 30.3 Å². The minimum atomic E-state index is -0.424. The molecule has 0 bridgehead atoms. The van der Waals surface area contributed by atoms with Crippen LogP contribution in [-0.2, 0) is 6.54 Å². The van der Waals surface area contributed by atoms with Gasteiger partial charge in [0.15, 0.2) is 5.78 Å². The highest BCUT2D eigenvalue weighted by molar-refractivity contribution is 6.07. The number of Topliss-reactive ketones (excluding diaryl/α,β-unsaturated/α-hetero) is 1. The largest absolute Gasteiger partial charge is 0.342 e. The second kappa shape index (κ2) is 5.44. The van der Waals surface area contributed by atoms with Crippen molar-refractivity contribution in [3.8, 4) is 0 Å². The smallest absolute Gasteiger partial charge is 0.271 e. The lowest BCUT2D eigenvalue weighted by molar-refractivity contribution is -0.384. The summed E-state index contributed by atoms with van der Waals surface area (Å²) in [5.74, 6) is -0.0503. The van der Waals surface area contributed by atoms with Gasteiger partial charge in [-0.15, -0.1) is 0 Å². The number of carbonyl (C=O) groups is 1. The lowest BCUT2D eigenvalue weighted by Gasteiger charge is -2.05. The number of carbonyl (C=O) groups excluding carboxylic acids is 1. The first-order valence-corrected chi connectivity index (χ1v) is 6.88. The molecule has 22 heavy (non-hydrogen) atoms. The molecule has 0 aliphatic carbocycles. The molecular formula is C17H14N2O3. The fourth-order valence-corrected chi connectivity index (χ4v) is 2.59. The standard InChI is InChI=1S/C17H14N2O3/c1-12(20)16-11-18(10-13-5-3-2-4-6-13)17-9-14(19(21)22)7-8-15(16)17/h2-9,11H,10H2,1H3. The van der Waals surface area contributed by atoms with Crippen molar-refractivity contribution in [2.75, 3.05) is 0 Å². The van der Waals surface area contributed by atoms with Gasteiger partial charge < -0.3 is 4.57 Å². The van der Waals surface area contributed by atoms with Crippen molar-refractivity contribution in [1.29, 1.82) is 0 Å². The first kappa shape index (κ1) is 14.0. The highest BCUT2D eigenvalue weighted by Crippen LogP contribution is 2.27. The van der Waals surface area contributed by atoms with Crippen molar-refractivity contribution in [2.45, 2.75) is 13.5 Å². The van der Waals surface area contributed by atoms with E-state index in [1.54, 1.807) is 12.3 Å². The second-order valence-corrected chi connectivity index (χ2v) is 5.17. The van der Waals surface area contributed by atoms with Crippen LogP contribution in [0.2, 0.25) is 0 Å². The van der Waals surface area contributed by atoms with Crippen LogP contribution in [-0.4, -0.2) is 15.3 Å². The maximum Gasteiger partial charge on any atom is 0.271 e. The Kier molecular flexibility index (Phi) is 3.47. The molecule has 0 saturated heterocycles. The Morgan fingerprint density at radius 2 is 1.91 bits per heavy atom.